The second-order valence-corrected chi connectivity index (χ2v) is 8.53. The second kappa shape index (κ2) is 5.67. The monoisotopic (exact) mass is 392 g/mol. The van der Waals surface area contributed by atoms with Gasteiger partial charge in [0, 0.05) is 25.2 Å². The fourth-order valence-corrected chi connectivity index (χ4v) is 5.63. The number of aromatic nitrogens is 4. The molecule has 27 heavy (non-hydrogen) atoms. The predicted molar refractivity (Wildman–Crippen MR) is 90.6 cm³/mol. The third-order valence-electron chi connectivity index (χ3n) is 5.06. The van der Waals surface area contributed by atoms with Gasteiger partial charge in [-0.15, -0.1) is 15.3 Å². The summed E-state index contributed by atoms with van der Waals surface area (Å²) in [5, 5.41) is 12.1. The van der Waals surface area contributed by atoms with Crippen molar-refractivity contribution in [1.82, 2.24) is 24.1 Å². The van der Waals surface area contributed by atoms with Crippen LogP contribution in [0.15, 0.2) is 41.6 Å². The van der Waals surface area contributed by atoms with Gasteiger partial charge in [-0.1, -0.05) is 0 Å². The number of halogens is 2. The number of rotatable bonds is 3. The number of sulfonamides is 1. The van der Waals surface area contributed by atoms with Gasteiger partial charge < -0.3 is 4.90 Å². The highest BCUT2D eigenvalue weighted by molar-refractivity contribution is 7.89. The van der Waals surface area contributed by atoms with E-state index in [1.165, 1.54) is 10.6 Å². The molecule has 0 saturated carbocycles. The van der Waals surface area contributed by atoms with E-state index in [0.717, 1.165) is 24.6 Å². The first-order valence-electron chi connectivity index (χ1n) is 8.34. The molecule has 3 fully saturated rings. The highest BCUT2D eigenvalue weighted by Gasteiger charge is 2.51. The Hall–Kier alpha value is -2.66. The van der Waals surface area contributed by atoms with Crippen LogP contribution < -0.4 is 4.90 Å². The van der Waals surface area contributed by atoms with Crippen LogP contribution in [0.4, 0.5) is 14.6 Å². The molecular formula is C16H14F2N6O2S. The van der Waals surface area contributed by atoms with Crippen LogP contribution in [-0.2, 0) is 10.0 Å². The zero-order valence-corrected chi connectivity index (χ0v) is 14.7. The van der Waals surface area contributed by atoms with Crippen molar-refractivity contribution in [2.75, 3.05) is 18.0 Å². The van der Waals surface area contributed by atoms with Crippen molar-refractivity contribution < 1.29 is 17.2 Å². The van der Waals surface area contributed by atoms with Gasteiger partial charge in [0.25, 0.3) is 0 Å². The molecule has 140 valence electrons. The van der Waals surface area contributed by atoms with E-state index in [2.05, 4.69) is 15.3 Å². The number of benzene rings is 1. The number of piperazine rings is 1. The molecule has 0 spiro atoms. The normalized spacial score (nSPS) is 22.8. The average molecular weight is 392 g/mol. The summed E-state index contributed by atoms with van der Waals surface area (Å²) in [4.78, 5) is 1.78. The van der Waals surface area contributed by atoms with Crippen LogP contribution in [0.2, 0.25) is 0 Å². The number of nitrogens with zero attached hydrogens (tertiary/aromatic N) is 6. The maximum atomic E-state index is 13.5. The average Bonchev–Trinajstić information content (AvgIpc) is 3.11. The fourth-order valence-electron chi connectivity index (χ4n) is 3.80. The van der Waals surface area contributed by atoms with Gasteiger partial charge in [-0.25, -0.2) is 17.2 Å². The number of hydrogen-bond acceptors (Lipinski definition) is 6. The Morgan fingerprint density at radius 2 is 1.81 bits per heavy atom. The summed E-state index contributed by atoms with van der Waals surface area (Å²) in [6.45, 7) is 0.945. The predicted octanol–water partition coefficient (Wildman–Crippen LogP) is 1.05. The highest BCUT2D eigenvalue weighted by atomic mass is 32.2. The Balaban J connectivity index is 1.40. The minimum Gasteiger partial charge on any atom is -0.352 e. The first-order valence-corrected chi connectivity index (χ1v) is 9.78. The van der Waals surface area contributed by atoms with Gasteiger partial charge >= 0.3 is 0 Å². The molecule has 1 aromatic carbocycles. The topological polar surface area (TPSA) is 83.7 Å². The smallest absolute Gasteiger partial charge is 0.243 e. The molecule has 2 bridgehead atoms. The van der Waals surface area contributed by atoms with Crippen LogP contribution in [0.5, 0.6) is 0 Å². The van der Waals surface area contributed by atoms with E-state index in [9.17, 15) is 17.2 Å². The molecule has 2 aromatic heterocycles. The first-order chi connectivity index (χ1) is 12.9. The Kier molecular flexibility index (Phi) is 3.46. The lowest BCUT2D eigenvalue weighted by Gasteiger charge is -2.55. The van der Waals surface area contributed by atoms with Crippen LogP contribution in [0.3, 0.4) is 0 Å². The lowest BCUT2D eigenvalue weighted by atomic mass is 9.91. The molecule has 3 aliphatic heterocycles. The van der Waals surface area contributed by atoms with Gasteiger partial charge in [0.15, 0.2) is 17.3 Å². The van der Waals surface area contributed by atoms with Gasteiger partial charge in [-0.05, 0) is 36.8 Å². The van der Waals surface area contributed by atoms with Gasteiger partial charge in [-0.3, -0.25) is 0 Å². The van der Waals surface area contributed by atoms with Crippen LogP contribution >= 0.6 is 0 Å². The second-order valence-electron chi connectivity index (χ2n) is 6.68. The molecule has 0 amide bonds. The maximum absolute atomic E-state index is 13.5. The van der Waals surface area contributed by atoms with E-state index in [4.69, 9.17) is 0 Å². The van der Waals surface area contributed by atoms with Crippen molar-refractivity contribution in [3.8, 4) is 0 Å². The van der Waals surface area contributed by atoms with Crippen molar-refractivity contribution >= 4 is 21.5 Å². The van der Waals surface area contributed by atoms with E-state index in [-0.39, 0.29) is 17.0 Å². The Labute approximate surface area is 153 Å². The molecule has 2 unspecified atom stereocenters. The lowest BCUT2D eigenvalue weighted by Crippen LogP contribution is -2.70. The fraction of sp³-hybridized carbons (Fsp3) is 0.312. The zero-order valence-electron chi connectivity index (χ0n) is 13.9. The molecule has 3 aromatic rings. The summed E-state index contributed by atoms with van der Waals surface area (Å²) in [6, 6.07) is 5.82. The Bertz CT molecular complexity index is 1140. The SMILES string of the molecule is O=S(=O)(c1ccc(F)c(F)c1)N1C2CC1CN(c1ccc3nncn3n1)C2. The molecule has 6 rings (SSSR count). The summed E-state index contributed by atoms with van der Waals surface area (Å²) >= 11 is 0. The quantitative estimate of drug-likeness (QED) is 0.663. The number of piperidine rings is 1. The third-order valence-corrected chi connectivity index (χ3v) is 7.07. The molecule has 5 heterocycles. The molecule has 0 aliphatic carbocycles. The molecule has 0 N–H and O–H groups in total. The van der Waals surface area contributed by atoms with E-state index in [1.54, 1.807) is 10.6 Å². The van der Waals surface area contributed by atoms with Crippen molar-refractivity contribution in [3.63, 3.8) is 0 Å². The van der Waals surface area contributed by atoms with Crippen LogP contribution in [0.25, 0.3) is 5.65 Å². The molecule has 8 nitrogen and oxygen atoms in total. The summed E-state index contributed by atoms with van der Waals surface area (Å²) in [6.07, 6.45) is 2.23. The minimum atomic E-state index is -3.88. The van der Waals surface area contributed by atoms with Gasteiger partial charge in [0.2, 0.25) is 10.0 Å². The van der Waals surface area contributed by atoms with Crippen LogP contribution in [0, 0.1) is 11.6 Å². The third kappa shape index (κ3) is 2.49. The largest absolute Gasteiger partial charge is 0.352 e. The van der Waals surface area contributed by atoms with Gasteiger partial charge in [0.1, 0.15) is 12.1 Å². The van der Waals surface area contributed by atoms with Crippen molar-refractivity contribution in [1.29, 1.82) is 0 Å². The van der Waals surface area contributed by atoms with E-state index in [0.29, 0.717) is 24.6 Å². The van der Waals surface area contributed by atoms with E-state index < -0.39 is 21.7 Å². The molecule has 0 radical (unpaired) electrons. The van der Waals surface area contributed by atoms with Crippen LogP contribution in [-0.4, -0.2) is 57.7 Å². The highest BCUT2D eigenvalue weighted by Crippen LogP contribution is 2.38. The molecule has 2 atom stereocenters. The first kappa shape index (κ1) is 16.5. The van der Waals surface area contributed by atoms with Crippen molar-refractivity contribution in [2.45, 2.75) is 23.4 Å². The summed E-state index contributed by atoms with van der Waals surface area (Å²) in [5.41, 5.74) is 0.628. The van der Waals surface area contributed by atoms with Crippen molar-refractivity contribution in [2.24, 2.45) is 0 Å². The standard InChI is InChI=1S/C16H14F2N6O2S/c17-13-2-1-12(6-14(13)18)27(25,26)24-10-5-11(24)8-22(7-10)16-4-3-15-20-19-9-23(15)21-16/h1-4,6,9-11H,5,7-8H2. The molecule has 3 saturated heterocycles. The van der Waals surface area contributed by atoms with Gasteiger partial charge in [-0.2, -0.15) is 8.82 Å². The summed E-state index contributed by atoms with van der Waals surface area (Å²) in [5.74, 6) is -1.53. The summed E-state index contributed by atoms with van der Waals surface area (Å²) in [7, 11) is -3.88. The lowest BCUT2D eigenvalue weighted by molar-refractivity contribution is 0.0873. The van der Waals surface area contributed by atoms with Gasteiger partial charge in [0.05, 0.1) is 4.90 Å². The van der Waals surface area contributed by atoms with Crippen molar-refractivity contribution in [3.05, 3.63) is 48.3 Å². The molecule has 11 heteroatoms. The Morgan fingerprint density at radius 3 is 2.56 bits per heavy atom. The molecular weight excluding hydrogens is 378 g/mol. The van der Waals surface area contributed by atoms with E-state index in [1.807, 2.05) is 11.0 Å². The number of anilines is 1. The summed E-state index contributed by atoms with van der Waals surface area (Å²) < 4.78 is 55.3. The van der Waals surface area contributed by atoms with Crippen LogP contribution in [0.1, 0.15) is 6.42 Å². The number of fused-ring (bicyclic) bond motifs is 3. The van der Waals surface area contributed by atoms with E-state index >= 15 is 0 Å². The molecule has 3 aliphatic rings. The number of hydrogen-bond donors (Lipinski definition) is 0. The maximum Gasteiger partial charge on any atom is 0.243 e. The zero-order chi connectivity index (χ0) is 18.8. The Morgan fingerprint density at radius 1 is 1.04 bits per heavy atom. The minimum absolute atomic E-state index is 0.228.